The fourth-order valence-corrected chi connectivity index (χ4v) is 3.52. The van der Waals surface area contributed by atoms with E-state index >= 15 is 0 Å². The van der Waals surface area contributed by atoms with Gasteiger partial charge < -0.3 is 15.2 Å². The lowest BCUT2D eigenvalue weighted by Crippen LogP contribution is -2.26. The lowest BCUT2D eigenvalue weighted by molar-refractivity contribution is 0.301. The van der Waals surface area contributed by atoms with Crippen LogP contribution < -0.4 is 14.8 Å². The number of aliphatic hydroxyl groups excluding tert-OH is 1. The molecule has 0 radical (unpaired) electrons. The average molecular weight is 401 g/mol. The molecule has 3 aromatic rings. The summed E-state index contributed by atoms with van der Waals surface area (Å²) in [4.78, 5) is 12.8. The molecule has 0 fully saturated rings. The van der Waals surface area contributed by atoms with E-state index < -0.39 is 10.0 Å². The molecule has 10 heteroatoms. The van der Waals surface area contributed by atoms with Gasteiger partial charge in [0.15, 0.2) is 0 Å². The van der Waals surface area contributed by atoms with Crippen LogP contribution in [-0.2, 0) is 10.0 Å². The number of anilines is 2. The van der Waals surface area contributed by atoms with Crippen LogP contribution in [0.25, 0.3) is 11.3 Å². The minimum atomic E-state index is -3.71. The topological polar surface area (TPSA) is 126 Å². The van der Waals surface area contributed by atoms with Gasteiger partial charge in [0.25, 0.3) is 0 Å². The van der Waals surface area contributed by atoms with Crippen molar-refractivity contribution in [3.63, 3.8) is 0 Å². The Bertz CT molecular complexity index is 1060. The zero-order valence-electron chi connectivity index (χ0n) is 15.0. The van der Waals surface area contributed by atoms with Gasteiger partial charge >= 0.3 is 0 Å². The first-order chi connectivity index (χ1) is 13.5. The SMILES string of the molecule is COc1ncccc1-c1ccnc(Nc2cccc(S(=O)(=O)NCCO)c2)n1. The number of aromatic nitrogens is 3. The minimum absolute atomic E-state index is 0.0575. The summed E-state index contributed by atoms with van der Waals surface area (Å²) in [5, 5.41) is 11.8. The number of nitrogens with zero attached hydrogens (tertiary/aromatic N) is 3. The number of ether oxygens (including phenoxy) is 1. The van der Waals surface area contributed by atoms with Crippen LogP contribution in [0.4, 0.5) is 11.6 Å². The number of benzene rings is 1. The van der Waals surface area contributed by atoms with Crippen molar-refractivity contribution in [2.45, 2.75) is 4.90 Å². The molecule has 0 spiro atoms. The Hall–Kier alpha value is -3.08. The standard InChI is InChI=1S/C18H19N5O4S/c1-27-17-15(6-3-8-19-17)16-7-9-20-18(23-16)22-13-4-2-5-14(12-13)28(25,26)21-10-11-24/h2-9,12,21,24H,10-11H2,1H3,(H,20,22,23). The third kappa shape index (κ3) is 4.60. The molecule has 0 amide bonds. The molecule has 0 atom stereocenters. The van der Waals surface area contributed by atoms with Gasteiger partial charge in [0.05, 0.1) is 29.9 Å². The van der Waals surface area contributed by atoms with Crippen molar-refractivity contribution in [1.82, 2.24) is 19.7 Å². The van der Waals surface area contributed by atoms with Crippen molar-refractivity contribution in [2.24, 2.45) is 0 Å². The summed E-state index contributed by atoms with van der Waals surface area (Å²) in [6, 6.07) is 11.6. The van der Waals surface area contributed by atoms with Crippen LogP contribution in [0.1, 0.15) is 0 Å². The van der Waals surface area contributed by atoms with Gasteiger partial charge in [0.1, 0.15) is 0 Å². The maximum Gasteiger partial charge on any atom is 0.240 e. The van der Waals surface area contributed by atoms with E-state index in [0.717, 1.165) is 0 Å². The van der Waals surface area contributed by atoms with Crippen LogP contribution >= 0.6 is 0 Å². The van der Waals surface area contributed by atoms with Gasteiger partial charge in [-0.05, 0) is 36.4 Å². The number of rotatable bonds is 8. The lowest BCUT2D eigenvalue weighted by Gasteiger charge is -2.10. The fourth-order valence-electron chi connectivity index (χ4n) is 2.45. The highest BCUT2D eigenvalue weighted by molar-refractivity contribution is 7.89. The van der Waals surface area contributed by atoms with E-state index in [-0.39, 0.29) is 18.0 Å². The number of pyridine rings is 1. The summed E-state index contributed by atoms with van der Waals surface area (Å²) in [7, 11) is -2.18. The number of sulfonamides is 1. The van der Waals surface area contributed by atoms with Gasteiger partial charge in [-0.1, -0.05) is 6.07 Å². The van der Waals surface area contributed by atoms with E-state index in [1.165, 1.54) is 19.2 Å². The molecule has 0 aliphatic heterocycles. The van der Waals surface area contributed by atoms with Crippen LogP contribution in [0.15, 0.2) is 59.8 Å². The zero-order valence-corrected chi connectivity index (χ0v) is 15.8. The number of hydrogen-bond acceptors (Lipinski definition) is 8. The van der Waals surface area contributed by atoms with Crippen molar-refractivity contribution in [1.29, 1.82) is 0 Å². The number of nitrogens with one attached hydrogen (secondary N) is 2. The molecule has 28 heavy (non-hydrogen) atoms. The van der Waals surface area contributed by atoms with E-state index in [1.54, 1.807) is 36.7 Å². The zero-order chi connectivity index (χ0) is 20.0. The maximum atomic E-state index is 12.2. The molecule has 0 unspecified atom stereocenters. The van der Waals surface area contributed by atoms with E-state index in [2.05, 4.69) is 25.0 Å². The molecular weight excluding hydrogens is 382 g/mol. The molecule has 9 nitrogen and oxygen atoms in total. The molecule has 0 aliphatic rings. The Morgan fingerprint density at radius 3 is 2.75 bits per heavy atom. The Labute approximate surface area is 162 Å². The number of aliphatic hydroxyl groups is 1. The second-order valence-corrected chi connectivity index (χ2v) is 7.37. The van der Waals surface area contributed by atoms with Crippen LogP contribution in [0.3, 0.4) is 0 Å². The molecule has 3 rings (SSSR count). The summed E-state index contributed by atoms with van der Waals surface area (Å²) in [6.45, 7) is -0.340. The largest absolute Gasteiger partial charge is 0.481 e. The van der Waals surface area contributed by atoms with Crippen LogP contribution in [0.2, 0.25) is 0 Å². The van der Waals surface area contributed by atoms with E-state index in [0.29, 0.717) is 28.8 Å². The summed E-state index contributed by atoms with van der Waals surface area (Å²) in [6.07, 6.45) is 3.21. The second kappa shape index (κ2) is 8.74. The fraction of sp³-hybridized carbons (Fsp3) is 0.167. The predicted octanol–water partition coefficient (Wildman–Crippen LogP) is 1.56. The van der Waals surface area contributed by atoms with Crippen molar-refractivity contribution < 1.29 is 18.3 Å². The van der Waals surface area contributed by atoms with Crippen LogP contribution in [0.5, 0.6) is 5.88 Å². The first-order valence-electron chi connectivity index (χ1n) is 8.33. The van der Waals surface area contributed by atoms with E-state index in [9.17, 15) is 8.42 Å². The smallest absolute Gasteiger partial charge is 0.240 e. The minimum Gasteiger partial charge on any atom is -0.481 e. The van der Waals surface area contributed by atoms with Gasteiger partial charge in [0, 0.05) is 24.6 Å². The summed E-state index contributed by atoms with van der Waals surface area (Å²) < 4.78 is 32.0. The summed E-state index contributed by atoms with van der Waals surface area (Å²) in [5.41, 5.74) is 1.82. The molecule has 146 valence electrons. The first-order valence-corrected chi connectivity index (χ1v) is 9.82. The highest BCUT2D eigenvalue weighted by atomic mass is 32.2. The van der Waals surface area contributed by atoms with Gasteiger partial charge in [-0.2, -0.15) is 0 Å². The molecule has 0 saturated carbocycles. The van der Waals surface area contributed by atoms with Crippen molar-refractivity contribution >= 4 is 21.7 Å². The lowest BCUT2D eigenvalue weighted by atomic mass is 10.2. The average Bonchev–Trinajstić information content (AvgIpc) is 2.72. The Balaban J connectivity index is 1.86. The quantitative estimate of drug-likeness (QED) is 0.519. The van der Waals surface area contributed by atoms with Crippen LogP contribution in [-0.4, -0.2) is 48.7 Å². The van der Waals surface area contributed by atoms with Gasteiger partial charge in [-0.25, -0.2) is 28.1 Å². The molecule has 0 bridgehead atoms. The molecular formula is C18H19N5O4S. The Morgan fingerprint density at radius 1 is 1.11 bits per heavy atom. The normalized spacial score (nSPS) is 11.2. The summed E-state index contributed by atoms with van der Waals surface area (Å²) >= 11 is 0. The third-order valence-corrected chi connectivity index (χ3v) is 5.16. The predicted molar refractivity (Wildman–Crippen MR) is 104 cm³/mol. The van der Waals surface area contributed by atoms with E-state index in [1.807, 2.05) is 6.07 Å². The van der Waals surface area contributed by atoms with Crippen molar-refractivity contribution in [3.05, 3.63) is 54.9 Å². The number of methoxy groups -OCH3 is 1. The van der Waals surface area contributed by atoms with Crippen molar-refractivity contribution in [2.75, 3.05) is 25.6 Å². The monoisotopic (exact) mass is 401 g/mol. The highest BCUT2D eigenvalue weighted by Crippen LogP contribution is 2.26. The highest BCUT2D eigenvalue weighted by Gasteiger charge is 2.14. The maximum absolute atomic E-state index is 12.2. The Morgan fingerprint density at radius 2 is 1.96 bits per heavy atom. The molecule has 0 saturated heterocycles. The van der Waals surface area contributed by atoms with Crippen molar-refractivity contribution in [3.8, 4) is 17.1 Å². The van der Waals surface area contributed by atoms with Gasteiger partial charge in [-0.3, -0.25) is 0 Å². The number of hydrogen-bond donors (Lipinski definition) is 3. The molecule has 2 aromatic heterocycles. The van der Waals surface area contributed by atoms with Gasteiger partial charge in [0.2, 0.25) is 21.9 Å². The third-order valence-electron chi connectivity index (χ3n) is 3.70. The molecule has 0 aliphatic carbocycles. The molecule has 1 aromatic carbocycles. The molecule has 3 N–H and O–H groups in total. The first kappa shape index (κ1) is 19.7. The Kier molecular flexibility index (Phi) is 6.14. The van der Waals surface area contributed by atoms with Crippen LogP contribution in [0, 0.1) is 0 Å². The van der Waals surface area contributed by atoms with E-state index in [4.69, 9.17) is 9.84 Å². The second-order valence-electron chi connectivity index (χ2n) is 5.60. The van der Waals surface area contributed by atoms with Gasteiger partial charge in [-0.15, -0.1) is 0 Å². The molecule has 2 heterocycles. The summed E-state index contributed by atoms with van der Waals surface area (Å²) in [5.74, 6) is 0.733.